The minimum atomic E-state index is 0.518. The van der Waals surface area contributed by atoms with Crippen molar-refractivity contribution in [2.45, 2.75) is 39.8 Å². The molecule has 0 radical (unpaired) electrons. The zero-order valence-electron chi connectivity index (χ0n) is 9.94. The summed E-state index contributed by atoms with van der Waals surface area (Å²) >= 11 is 0. The van der Waals surface area contributed by atoms with Crippen LogP contribution in [0.5, 0.6) is 0 Å². The highest BCUT2D eigenvalue weighted by Crippen LogP contribution is 2.18. The first-order chi connectivity index (χ1) is 7.09. The van der Waals surface area contributed by atoms with Crippen molar-refractivity contribution in [3.8, 4) is 0 Å². The fraction of sp³-hybridized carbons (Fsp3) is 0.462. The van der Waals surface area contributed by atoms with Gasteiger partial charge in [-0.25, -0.2) is 4.57 Å². The van der Waals surface area contributed by atoms with Crippen molar-refractivity contribution in [2.75, 3.05) is 0 Å². The van der Waals surface area contributed by atoms with E-state index in [9.17, 15) is 0 Å². The van der Waals surface area contributed by atoms with Crippen LogP contribution >= 0.6 is 0 Å². The van der Waals surface area contributed by atoms with E-state index >= 15 is 0 Å². The maximum Gasteiger partial charge on any atom is 0.193 e. The third kappa shape index (κ3) is 1.76. The van der Waals surface area contributed by atoms with Gasteiger partial charge >= 0.3 is 0 Å². The Labute approximate surface area is 91.2 Å². The smallest absolute Gasteiger partial charge is 0.193 e. The van der Waals surface area contributed by atoms with Crippen molar-refractivity contribution in [1.82, 2.24) is 4.57 Å². The molecule has 0 bridgehead atoms. The molecule has 0 aliphatic rings. The maximum atomic E-state index is 2.31. The summed E-state index contributed by atoms with van der Waals surface area (Å²) in [4.78, 5) is 0. The fourth-order valence-electron chi connectivity index (χ4n) is 1.88. The summed E-state index contributed by atoms with van der Waals surface area (Å²) in [6.45, 7) is 8.83. The Balaban J connectivity index is 2.61. The van der Waals surface area contributed by atoms with Crippen molar-refractivity contribution in [3.05, 3.63) is 30.7 Å². The van der Waals surface area contributed by atoms with Crippen LogP contribution in [0.1, 0.15) is 39.8 Å². The lowest BCUT2D eigenvalue weighted by Crippen LogP contribution is -2.35. The minimum Gasteiger partial charge on any atom is -0.340 e. The Morgan fingerprint density at radius 2 is 1.87 bits per heavy atom. The summed E-state index contributed by atoms with van der Waals surface area (Å²) in [5.41, 5.74) is 1.32. The molecule has 0 fully saturated rings. The van der Waals surface area contributed by atoms with Gasteiger partial charge in [0.2, 0.25) is 0 Å². The van der Waals surface area contributed by atoms with Gasteiger partial charge < -0.3 is 4.57 Å². The number of pyridine rings is 1. The molecular weight excluding hydrogens is 184 g/mol. The average molecular weight is 203 g/mol. The highest BCUT2D eigenvalue weighted by atomic mass is 15.0. The van der Waals surface area contributed by atoms with Gasteiger partial charge in [0.15, 0.2) is 18.4 Å². The SMILES string of the molecule is CC(C)n1ccc2cc[n+](C(C)C)cc21. The van der Waals surface area contributed by atoms with Crippen molar-refractivity contribution >= 4 is 10.9 Å². The van der Waals surface area contributed by atoms with Gasteiger partial charge in [-0.3, -0.25) is 0 Å². The normalized spacial score (nSPS) is 11.9. The second-order valence-corrected chi connectivity index (χ2v) is 4.64. The monoisotopic (exact) mass is 203 g/mol. The van der Waals surface area contributed by atoms with E-state index in [1.54, 1.807) is 0 Å². The molecule has 2 nitrogen and oxygen atoms in total. The maximum absolute atomic E-state index is 2.31. The summed E-state index contributed by atoms with van der Waals surface area (Å²) in [5.74, 6) is 0. The van der Waals surface area contributed by atoms with E-state index in [1.165, 1.54) is 10.9 Å². The summed E-state index contributed by atoms with van der Waals surface area (Å²) in [6.07, 6.45) is 6.55. The average Bonchev–Trinajstić information content (AvgIpc) is 2.59. The molecular formula is C13H19N2+. The molecule has 0 spiro atoms. The van der Waals surface area contributed by atoms with Crippen LogP contribution < -0.4 is 4.57 Å². The van der Waals surface area contributed by atoms with Crippen LogP contribution in [0, 0.1) is 0 Å². The van der Waals surface area contributed by atoms with E-state index in [2.05, 4.69) is 67.6 Å². The quantitative estimate of drug-likeness (QED) is 0.663. The Bertz CT molecular complexity index is 466. The third-order valence-corrected chi connectivity index (χ3v) is 2.84. The van der Waals surface area contributed by atoms with Gasteiger partial charge in [-0.15, -0.1) is 0 Å². The highest BCUT2D eigenvalue weighted by Gasteiger charge is 2.11. The summed E-state index contributed by atoms with van der Waals surface area (Å²) in [5, 5.41) is 1.32. The van der Waals surface area contributed by atoms with Crippen molar-refractivity contribution in [3.63, 3.8) is 0 Å². The number of hydrogen-bond donors (Lipinski definition) is 0. The Kier molecular flexibility index (Phi) is 2.51. The van der Waals surface area contributed by atoms with E-state index in [0.29, 0.717) is 12.1 Å². The highest BCUT2D eigenvalue weighted by molar-refractivity contribution is 5.78. The summed E-state index contributed by atoms with van der Waals surface area (Å²) in [7, 11) is 0. The second-order valence-electron chi connectivity index (χ2n) is 4.64. The Hall–Kier alpha value is -1.31. The molecule has 0 saturated carbocycles. The van der Waals surface area contributed by atoms with Crippen molar-refractivity contribution < 1.29 is 4.57 Å². The Morgan fingerprint density at radius 3 is 2.47 bits per heavy atom. The van der Waals surface area contributed by atoms with Gasteiger partial charge in [0.1, 0.15) is 5.52 Å². The van der Waals surface area contributed by atoms with E-state index in [1.807, 2.05) is 0 Å². The largest absolute Gasteiger partial charge is 0.340 e. The summed E-state index contributed by atoms with van der Waals surface area (Å²) in [6, 6.07) is 5.41. The van der Waals surface area contributed by atoms with Crippen LogP contribution in [0.25, 0.3) is 10.9 Å². The number of nitrogens with zero attached hydrogens (tertiary/aromatic N) is 2. The molecule has 15 heavy (non-hydrogen) atoms. The van der Waals surface area contributed by atoms with Crippen molar-refractivity contribution in [2.24, 2.45) is 0 Å². The molecule has 0 unspecified atom stereocenters. The van der Waals surface area contributed by atoms with Crippen LogP contribution in [0.4, 0.5) is 0 Å². The predicted molar refractivity (Wildman–Crippen MR) is 62.9 cm³/mol. The molecule has 0 N–H and O–H groups in total. The number of rotatable bonds is 2. The van der Waals surface area contributed by atoms with Gasteiger partial charge in [0.05, 0.1) is 0 Å². The van der Waals surface area contributed by atoms with E-state index in [0.717, 1.165) is 0 Å². The first kappa shape index (κ1) is 10.2. The van der Waals surface area contributed by atoms with Crippen molar-refractivity contribution in [1.29, 1.82) is 0 Å². The molecule has 0 aliphatic heterocycles. The lowest BCUT2D eigenvalue weighted by molar-refractivity contribution is -0.715. The molecule has 80 valence electrons. The van der Waals surface area contributed by atoms with E-state index in [4.69, 9.17) is 0 Å². The number of hydrogen-bond acceptors (Lipinski definition) is 0. The molecule has 2 aromatic rings. The minimum absolute atomic E-state index is 0.518. The van der Waals surface area contributed by atoms with Crippen LogP contribution in [-0.4, -0.2) is 4.57 Å². The molecule has 0 atom stereocenters. The van der Waals surface area contributed by atoms with Gasteiger partial charge in [0, 0.05) is 23.7 Å². The molecule has 0 amide bonds. The molecule has 2 aromatic heterocycles. The van der Waals surface area contributed by atoms with E-state index < -0.39 is 0 Å². The molecule has 0 aliphatic carbocycles. The lowest BCUT2D eigenvalue weighted by atomic mass is 10.3. The van der Waals surface area contributed by atoms with Gasteiger partial charge in [-0.05, 0) is 33.8 Å². The lowest BCUT2D eigenvalue weighted by Gasteiger charge is -2.08. The van der Waals surface area contributed by atoms with Crippen LogP contribution in [0.2, 0.25) is 0 Å². The number of aromatic nitrogens is 2. The molecule has 2 rings (SSSR count). The van der Waals surface area contributed by atoms with Crippen LogP contribution in [0.3, 0.4) is 0 Å². The topological polar surface area (TPSA) is 8.81 Å². The second kappa shape index (κ2) is 3.69. The van der Waals surface area contributed by atoms with Gasteiger partial charge in [0.25, 0.3) is 0 Å². The van der Waals surface area contributed by atoms with Gasteiger partial charge in [-0.2, -0.15) is 0 Å². The zero-order valence-corrected chi connectivity index (χ0v) is 9.94. The molecule has 2 heteroatoms. The van der Waals surface area contributed by atoms with E-state index in [-0.39, 0.29) is 0 Å². The first-order valence-corrected chi connectivity index (χ1v) is 5.61. The van der Waals surface area contributed by atoms with Crippen LogP contribution in [0.15, 0.2) is 30.7 Å². The predicted octanol–water partition coefficient (Wildman–Crippen LogP) is 3.09. The fourth-order valence-corrected chi connectivity index (χ4v) is 1.88. The Morgan fingerprint density at radius 1 is 1.13 bits per heavy atom. The van der Waals surface area contributed by atoms with Crippen LogP contribution in [-0.2, 0) is 0 Å². The zero-order chi connectivity index (χ0) is 11.0. The van der Waals surface area contributed by atoms with Gasteiger partial charge in [-0.1, -0.05) is 0 Å². The first-order valence-electron chi connectivity index (χ1n) is 5.61. The standard InChI is InChI=1S/C13H19N2/c1-10(2)14-7-5-12-6-8-15(11(3)4)13(12)9-14/h5-11H,1-4H3/q+1. The molecule has 0 saturated heterocycles. The molecule has 2 heterocycles. The molecule has 0 aromatic carbocycles. The third-order valence-electron chi connectivity index (χ3n) is 2.84. The number of fused-ring (bicyclic) bond motifs is 1. The summed E-state index contributed by atoms with van der Waals surface area (Å²) < 4.78 is 4.56.